The van der Waals surface area contributed by atoms with Crippen LogP contribution in [0.25, 0.3) is 22.3 Å². The van der Waals surface area contributed by atoms with Gasteiger partial charge in [0.15, 0.2) is 0 Å². The molecule has 9 nitrogen and oxygen atoms in total. The zero-order valence-electron chi connectivity index (χ0n) is 16.4. The summed E-state index contributed by atoms with van der Waals surface area (Å²) < 4.78 is 23.6. The van der Waals surface area contributed by atoms with Gasteiger partial charge in [-0.1, -0.05) is 24.3 Å². The van der Waals surface area contributed by atoms with E-state index in [-0.39, 0.29) is 12.6 Å². The van der Waals surface area contributed by atoms with E-state index in [1.807, 2.05) is 6.07 Å². The molecule has 0 saturated heterocycles. The quantitative estimate of drug-likeness (QED) is 0.436. The summed E-state index contributed by atoms with van der Waals surface area (Å²) in [5.41, 5.74) is 1.77. The fraction of sp³-hybridized carbons (Fsp3) is 0.0952. The van der Waals surface area contributed by atoms with Gasteiger partial charge in [0.2, 0.25) is 0 Å². The Morgan fingerprint density at radius 3 is 2.61 bits per heavy atom. The SMILES string of the molecule is COc1nn(-c2cccc3nn(-c4cncnc4)cc23)c(=O)n1Cc1ccccc1F. The summed E-state index contributed by atoms with van der Waals surface area (Å²) in [6.45, 7) is -0.00866. The molecule has 0 aliphatic heterocycles. The summed E-state index contributed by atoms with van der Waals surface area (Å²) in [7, 11) is 1.41. The highest BCUT2D eigenvalue weighted by atomic mass is 19.1. The van der Waals surface area contributed by atoms with Crippen molar-refractivity contribution >= 4 is 10.9 Å². The summed E-state index contributed by atoms with van der Waals surface area (Å²) in [5.74, 6) is -0.405. The minimum absolute atomic E-state index is 0.00866. The number of hydrogen-bond donors (Lipinski definition) is 0. The Morgan fingerprint density at radius 1 is 1.03 bits per heavy atom. The van der Waals surface area contributed by atoms with Crippen LogP contribution in [-0.4, -0.2) is 41.2 Å². The number of hydrogen-bond acceptors (Lipinski definition) is 6. The maximum absolute atomic E-state index is 14.1. The van der Waals surface area contributed by atoms with Crippen LogP contribution >= 0.6 is 0 Å². The van der Waals surface area contributed by atoms with E-state index in [0.29, 0.717) is 27.8 Å². The highest BCUT2D eigenvalue weighted by Crippen LogP contribution is 2.22. The van der Waals surface area contributed by atoms with E-state index < -0.39 is 11.5 Å². The van der Waals surface area contributed by atoms with E-state index in [2.05, 4.69) is 20.2 Å². The van der Waals surface area contributed by atoms with Gasteiger partial charge in [-0.3, -0.25) is 0 Å². The number of aromatic nitrogens is 7. The summed E-state index contributed by atoms with van der Waals surface area (Å²) >= 11 is 0. The molecule has 3 heterocycles. The third-order valence-electron chi connectivity index (χ3n) is 4.86. The largest absolute Gasteiger partial charge is 0.467 e. The standard InChI is InChI=1S/C21H16FN7O2/c1-31-20-26-29(21(30)27(20)11-14-5-2-3-6-17(14)22)19-8-4-7-18-16(19)12-28(25-18)15-9-23-13-24-10-15/h2-10,12-13H,11H2,1H3. The van der Waals surface area contributed by atoms with Gasteiger partial charge in [-0.05, 0) is 18.2 Å². The predicted molar refractivity (Wildman–Crippen MR) is 110 cm³/mol. The summed E-state index contributed by atoms with van der Waals surface area (Å²) in [6, 6.07) is 11.7. The molecule has 0 atom stereocenters. The molecule has 0 radical (unpaired) electrons. The van der Waals surface area contributed by atoms with E-state index in [4.69, 9.17) is 4.74 Å². The van der Waals surface area contributed by atoms with Crippen LogP contribution in [0, 0.1) is 5.82 Å². The second kappa shape index (κ2) is 7.48. The Labute approximate surface area is 175 Å². The first-order chi connectivity index (χ1) is 15.2. The van der Waals surface area contributed by atoms with E-state index >= 15 is 0 Å². The van der Waals surface area contributed by atoms with Gasteiger partial charge in [-0.25, -0.2) is 28.4 Å². The number of nitrogens with zero attached hydrogens (tertiary/aromatic N) is 7. The van der Waals surface area contributed by atoms with Crippen LogP contribution < -0.4 is 10.4 Å². The van der Waals surface area contributed by atoms with Crippen LogP contribution in [0.5, 0.6) is 6.01 Å². The third-order valence-corrected chi connectivity index (χ3v) is 4.86. The van der Waals surface area contributed by atoms with Crippen LogP contribution in [0.3, 0.4) is 0 Å². The van der Waals surface area contributed by atoms with Gasteiger partial charge in [-0.2, -0.15) is 9.78 Å². The monoisotopic (exact) mass is 417 g/mol. The van der Waals surface area contributed by atoms with Crippen molar-refractivity contribution in [3.8, 4) is 17.4 Å². The number of fused-ring (bicyclic) bond motifs is 1. The van der Waals surface area contributed by atoms with E-state index in [1.54, 1.807) is 53.6 Å². The van der Waals surface area contributed by atoms with Gasteiger partial charge >= 0.3 is 11.7 Å². The van der Waals surface area contributed by atoms with Crippen molar-refractivity contribution in [2.45, 2.75) is 6.54 Å². The Hall–Kier alpha value is -4.34. The molecular weight excluding hydrogens is 401 g/mol. The highest BCUT2D eigenvalue weighted by molar-refractivity contribution is 5.87. The van der Waals surface area contributed by atoms with Gasteiger partial charge in [-0.15, -0.1) is 5.10 Å². The molecule has 0 saturated carbocycles. The van der Waals surface area contributed by atoms with Crippen molar-refractivity contribution in [1.29, 1.82) is 0 Å². The zero-order chi connectivity index (χ0) is 21.4. The molecule has 0 aliphatic carbocycles. The van der Waals surface area contributed by atoms with Gasteiger partial charge < -0.3 is 4.74 Å². The average Bonchev–Trinajstić information content (AvgIpc) is 3.37. The predicted octanol–water partition coefficient (Wildman–Crippen LogP) is 2.36. The normalized spacial score (nSPS) is 11.2. The molecule has 3 aromatic heterocycles. The molecule has 0 fully saturated rings. The lowest BCUT2D eigenvalue weighted by molar-refractivity contribution is 0.357. The number of benzene rings is 2. The lowest BCUT2D eigenvalue weighted by atomic mass is 10.2. The second-order valence-corrected chi connectivity index (χ2v) is 6.74. The highest BCUT2D eigenvalue weighted by Gasteiger charge is 2.19. The number of rotatable bonds is 5. The van der Waals surface area contributed by atoms with Gasteiger partial charge in [0.25, 0.3) is 0 Å². The number of methoxy groups -OCH3 is 1. The third kappa shape index (κ3) is 3.23. The van der Waals surface area contributed by atoms with Crippen LogP contribution in [0.15, 0.2) is 72.2 Å². The molecule has 0 spiro atoms. The molecule has 154 valence electrons. The van der Waals surface area contributed by atoms with E-state index in [9.17, 15) is 9.18 Å². The molecule has 5 rings (SSSR count). The van der Waals surface area contributed by atoms with Crippen LogP contribution in [0.1, 0.15) is 5.56 Å². The topological polar surface area (TPSA) is 92.7 Å². The first-order valence-electron chi connectivity index (χ1n) is 9.37. The number of ether oxygens (including phenoxy) is 1. The average molecular weight is 417 g/mol. The fourth-order valence-corrected chi connectivity index (χ4v) is 3.37. The van der Waals surface area contributed by atoms with Gasteiger partial charge in [0.1, 0.15) is 17.8 Å². The van der Waals surface area contributed by atoms with Crippen LogP contribution in [0.4, 0.5) is 4.39 Å². The van der Waals surface area contributed by atoms with Gasteiger partial charge in [0, 0.05) is 17.1 Å². The first kappa shape index (κ1) is 18.7. The summed E-state index contributed by atoms with van der Waals surface area (Å²) in [6.07, 6.45) is 6.48. The van der Waals surface area contributed by atoms with Gasteiger partial charge in [0.05, 0.1) is 37.3 Å². The molecule has 10 heteroatoms. The van der Waals surface area contributed by atoms with Crippen molar-refractivity contribution in [3.05, 3.63) is 89.2 Å². The zero-order valence-corrected chi connectivity index (χ0v) is 16.4. The summed E-state index contributed by atoms with van der Waals surface area (Å²) in [5, 5.41) is 9.55. The smallest absolute Gasteiger partial charge is 0.353 e. The molecule has 5 aromatic rings. The molecule has 0 bridgehead atoms. The Morgan fingerprint density at radius 2 is 1.84 bits per heavy atom. The lowest BCUT2D eigenvalue weighted by Crippen LogP contribution is -2.24. The van der Waals surface area contributed by atoms with Crippen molar-refractivity contribution in [2.24, 2.45) is 0 Å². The maximum Gasteiger partial charge on any atom is 0.353 e. The lowest BCUT2D eigenvalue weighted by Gasteiger charge is -2.05. The van der Waals surface area contributed by atoms with Crippen LogP contribution in [0.2, 0.25) is 0 Å². The van der Waals surface area contributed by atoms with Crippen molar-refractivity contribution in [3.63, 3.8) is 0 Å². The Bertz CT molecular complexity index is 1440. The van der Waals surface area contributed by atoms with E-state index in [1.165, 1.54) is 28.8 Å². The second-order valence-electron chi connectivity index (χ2n) is 6.74. The number of halogens is 1. The maximum atomic E-state index is 14.1. The fourth-order valence-electron chi connectivity index (χ4n) is 3.37. The van der Waals surface area contributed by atoms with Crippen molar-refractivity contribution < 1.29 is 9.13 Å². The molecule has 0 aliphatic rings. The minimum atomic E-state index is -0.455. The molecule has 0 amide bonds. The summed E-state index contributed by atoms with van der Waals surface area (Å²) in [4.78, 5) is 21.2. The molecule has 31 heavy (non-hydrogen) atoms. The Kier molecular flexibility index (Phi) is 4.51. The van der Waals surface area contributed by atoms with Crippen LogP contribution in [-0.2, 0) is 6.54 Å². The van der Waals surface area contributed by atoms with Crippen molar-refractivity contribution in [2.75, 3.05) is 7.11 Å². The molecule has 2 aromatic carbocycles. The first-order valence-corrected chi connectivity index (χ1v) is 9.37. The van der Waals surface area contributed by atoms with E-state index in [0.717, 1.165) is 0 Å². The molecule has 0 unspecified atom stereocenters. The van der Waals surface area contributed by atoms with Crippen molar-refractivity contribution in [1.82, 2.24) is 34.1 Å². The molecule has 0 N–H and O–H groups in total. The molecular formula is C21H16FN7O2. The minimum Gasteiger partial charge on any atom is -0.467 e. The Balaban J connectivity index is 1.64.